The highest BCUT2D eigenvalue weighted by atomic mass is 16.5. The lowest BCUT2D eigenvalue weighted by Crippen LogP contribution is -2.52. The number of ether oxygens (including phenoxy) is 2. The standard InChI is InChI=1S/C33H42N6O3/c1-24(23-41-2)36-12-9-33(42-3,10-13-36)29-6-4-26(5-7-29)28-20-31-30(8-11-35-39(31)22-28)37-14-16-38(17-15-37)32(40)27-18-25(19-27)21-34/h4-8,11,20,22,24-25,27H,9-10,12-19,23H2,1-3H3/t24-,25?,27?/m0/s1. The van der Waals surface area contributed by atoms with Crippen LogP contribution in [0, 0.1) is 23.2 Å². The fourth-order valence-corrected chi connectivity index (χ4v) is 7.03. The minimum absolute atomic E-state index is 0.0320. The number of anilines is 1. The second kappa shape index (κ2) is 12.0. The zero-order chi connectivity index (χ0) is 29.3. The molecule has 1 amide bonds. The smallest absolute Gasteiger partial charge is 0.225 e. The van der Waals surface area contributed by atoms with Crippen LogP contribution in [0.25, 0.3) is 16.6 Å². The van der Waals surface area contributed by atoms with E-state index in [-0.39, 0.29) is 23.3 Å². The molecular formula is C33H42N6O3. The van der Waals surface area contributed by atoms with Gasteiger partial charge in [-0.25, -0.2) is 4.52 Å². The Kier molecular flexibility index (Phi) is 8.22. The number of methoxy groups -OCH3 is 2. The van der Waals surface area contributed by atoms with Gasteiger partial charge in [0.05, 0.1) is 29.5 Å². The van der Waals surface area contributed by atoms with Gasteiger partial charge in [0.25, 0.3) is 0 Å². The van der Waals surface area contributed by atoms with Crippen LogP contribution >= 0.6 is 0 Å². The number of piperidine rings is 1. The number of rotatable bonds is 8. The molecule has 3 aliphatic rings. The van der Waals surface area contributed by atoms with E-state index in [0.29, 0.717) is 32.0 Å². The van der Waals surface area contributed by atoms with Crippen LogP contribution in [0.15, 0.2) is 48.8 Å². The number of benzene rings is 1. The summed E-state index contributed by atoms with van der Waals surface area (Å²) in [4.78, 5) is 19.7. The van der Waals surface area contributed by atoms with Crippen molar-refractivity contribution in [1.82, 2.24) is 19.4 Å². The Morgan fingerprint density at radius 1 is 1.05 bits per heavy atom. The molecule has 0 bridgehead atoms. The van der Waals surface area contributed by atoms with Crippen molar-refractivity contribution in [3.8, 4) is 17.2 Å². The summed E-state index contributed by atoms with van der Waals surface area (Å²) in [5.74, 6) is 0.306. The van der Waals surface area contributed by atoms with Crippen LogP contribution in [-0.2, 0) is 19.9 Å². The van der Waals surface area contributed by atoms with Crippen LogP contribution in [0.2, 0.25) is 0 Å². The fraction of sp³-hybridized carbons (Fsp3) is 0.545. The van der Waals surface area contributed by atoms with E-state index in [1.807, 2.05) is 22.7 Å². The molecule has 42 heavy (non-hydrogen) atoms. The van der Waals surface area contributed by atoms with E-state index in [1.165, 1.54) is 5.56 Å². The van der Waals surface area contributed by atoms with E-state index in [4.69, 9.17) is 14.7 Å². The molecule has 3 fully saturated rings. The number of amides is 1. The van der Waals surface area contributed by atoms with Crippen molar-refractivity contribution < 1.29 is 14.3 Å². The van der Waals surface area contributed by atoms with E-state index >= 15 is 0 Å². The third-order valence-electron chi connectivity index (χ3n) is 9.86. The minimum atomic E-state index is -0.262. The van der Waals surface area contributed by atoms with E-state index < -0.39 is 0 Å². The number of fused-ring (bicyclic) bond motifs is 1. The van der Waals surface area contributed by atoms with Crippen LogP contribution in [0.3, 0.4) is 0 Å². The SMILES string of the molecule is COC[C@H](C)N1CCC(OC)(c2ccc(-c3cc4c(N5CCN(C(=O)C6CC(C#N)C6)CC5)ccnn4c3)cc2)CC1. The number of nitriles is 1. The largest absolute Gasteiger partial charge is 0.383 e. The van der Waals surface area contributed by atoms with Gasteiger partial charge in [0, 0.05) is 89.3 Å². The van der Waals surface area contributed by atoms with E-state index in [2.05, 4.69) is 70.5 Å². The van der Waals surface area contributed by atoms with Gasteiger partial charge in [-0.05, 0) is 55.9 Å². The lowest BCUT2D eigenvalue weighted by atomic mass is 9.75. The first-order valence-corrected chi connectivity index (χ1v) is 15.2. The molecule has 1 aliphatic carbocycles. The first-order valence-electron chi connectivity index (χ1n) is 15.2. The van der Waals surface area contributed by atoms with E-state index in [0.717, 1.165) is 68.0 Å². The Balaban J connectivity index is 1.13. The number of carbonyl (C=O) groups is 1. The second-order valence-electron chi connectivity index (χ2n) is 12.2. The topological polar surface area (TPSA) is 86.3 Å². The highest BCUT2D eigenvalue weighted by molar-refractivity contribution is 5.82. The van der Waals surface area contributed by atoms with Gasteiger partial charge in [0.2, 0.25) is 5.91 Å². The number of hydrogen-bond acceptors (Lipinski definition) is 7. The van der Waals surface area contributed by atoms with E-state index in [1.54, 1.807) is 7.11 Å². The molecule has 6 rings (SSSR count). The number of piperazine rings is 1. The summed E-state index contributed by atoms with van der Waals surface area (Å²) in [5, 5.41) is 13.6. The van der Waals surface area contributed by atoms with Gasteiger partial charge in [-0.1, -0.05) is 24.3 Å². The summed E-state index contributed by atoms with van der Waals surface area (Å²) in [5.41, 5.74) is 5.45. The van der Waals surface area contributed by atoms with Crippen molar-refractivity contribution in [3.63, 3.8) is 0 Å². The van der Waals surface area contributed by atoms with Crippen LogP contribution in [0.4, 0.5) is 5.69 Å². The molecule has 1 aromatic carbocycles. The summed E-state index contributed by atoms with van der Waals surface area (Å²) in [6.07, 6.45) is 7.30. The molecule has 0 spiro atoms. The lowest BCUT2D eigenvalue weighted by molar-refractivity contribution is -0.139. The van der Waals surface area contributed by atoms with Crippen molar-refractivity contribution >= 4 is 17.1 Å². The second-order valence-corrected chi connectivity index (χ2v) is 12.2. The van der Waals surface area contributed by atoms with Gasteiger partial charge in [0.15, 0.2) is 0 Å². The number of aromatic nitrogens is 2. The maximum absolute atomic E-state index is 12.9. The zero-order valence-corrected chi connectivity index (χ0v) is 25.0. The number of likely N-dealkylation sites (tertiary alicyclic amines) is 1. The Hall–Kier alpha value is -3.45. The van der Waals surface area contributed by atoms with Crippen molar-refractivity contribution in [1.29, 1.82) is 5.26 Å². The predicted octanol–water partition coefficient (Wildman–Crippen LogP) is 4.17. The Labute approximate surface area is 248 Å². The molecule has 1 saturated carbocycles. The Bertz CT molecular complexity index is 1420. The maximum Gasteiger partial charge on any atom is 0.225 e. The van der Waals surface area contributed by atoms with Crippen molar-refractivity contribution in [2.45, 2.75) is 44.2 Å². The average molecular weight is 571 g/mol. The summed E-state index contributed by atoms with van der Waals surface area (Å²) >= 11 is 0. The molecule has 9 nitrogen and oxygen atoms in total. The fourth-order valence-electron chi connectivity index (χ4n) is 7.03. The monoisotopic (exact) mass is 570 g/mol. The summed E-state index contributed by atoms with van der Waals surface area (Å²) < 4.78 is 13.5. The molecule has 0 N–H and O–H groups in total. The molecule has 1 atom stereocenters. The highest BCUT2D eigenvalue weighted by Crippen LogP contribution is 2.38. The summed E-state index contributed by atoms with van der Waals surface area (Å²) in [6.45, 7) is 7.95. The first kappa shape index (κ1) is 28.7. The molecule has 3 aromatic rings. The molecule has 0 unspecified atom stereocenters. The maximum atomic E-state index is 12.9. The van der Waals surface area contributed by atoms with Gasteiger partial charge >= 0.3 is 0 Å². The molecule has 2 aromatic heterocycles. The number of hydrogen-bond donors (Lipinski definition) is 0. The first-order chi connectivity index (χ1) is 20.4. The molecule has 2 saturated heterocycles. The Morgan fingerprint density at radius 2 is 1.76 bits per heavy atom. The van der Waals surface area contributed by atoms with Crippen LogP contribution in [-0.4, -0.2) is 91.5 Å². The van der Waals surface area contributed by atoms with Gasteiger partial charge < -0.3 is 19.3 Å². The van der Waals surface area contributed by atoms with Crippen molar-refractivity contribution in [2.75, 3.05) is 65.0 Å². The Morgan fingerprint density at radius 3 is 2.40 bits per heavy atom. The quantitative estimate of drug-likeness (QED) is 0.402. The van der Waals surface area contributed by atoms with Crippen LogP contribution < -0.4 is 4.90 Å². The number of carbonyl (C=O) groups excluding carboxylic acids is 1. The molecule has 2 aliphatic heterocycles. The summed E-state index contributed by atoms with van der Waals surface area (Å²) in [7, 11) is 3.60. The zero-order valence-electron chi connectivity index (χ0n) is 25.0. The molecule has 9 heteroatoms. The van der Waals surface area contributed by atoms with Gasteiger partial charge in [0.1, 0.15) is 0 Å². The normalized spacial score (nSPS) is 23.4. The van der Waals surface area contributed by atoms with E-state index in [9.17, 15) is 4.79 Å². The summed E-state index contributed by atoms with van der Waals surface area (Å²) in [6, 6.07) is 15.8. The third kappa shape index (κ3) is 5.39. The van der Waals surface area contributed by atoms with Crippen LogP contribution in [0.1, 0.15) is 38.2 Å². The molecule has 4 heterocycles. The average Bonchev–Trinajstić information content (AvgIpc) is 3.46. The predicted molar refractivity (Wildman–Crippen MR) is 162 cm³/mol. The van der Waals surface area contributed by atoms with Gasteiger partial charge in [-0.3, -0.25) is 9.69 Å². The molecule has 222 valence electrons. The van der Waals surface area contributed by atoms with Gasteiger partial charge in [-0.15, -0.1) is 0 Å². The highest BCUT2D eigenvalue weighted by Gasteiger charge is 2.38. The molecule has 0 radical (unpaired) electrons. The van der Waals surface area contributed by atoms with Crippen molar-refractivity contribution in [3.05, 3.63) is 54.4 Å². The van der Waals surface area contributed by atoms with Crippen LogP contribution in [0.5, 0.6) is 0 Å². The van der Waals surface area contributed by atoms with Gasteiger partial charge in [-0.2, -0.15) is 10.4 Å². The number of nitrogens with zero attached hydrogens (tertiary/aromatic N) is 6. The lowest BCUT2D eigenvalue weighted by Gasteiger charge is -2.43. The van der Waals surface area contributed by atoms with Crippen molar-refractivity contribution in [2.24, 2.45) is 11.8 Å². The minimum Gasteiger partial charge on any atom is -0.383 e. The third-order valence-corrected chi connectivity index (χ3v) is 9.86. The molecular weight excluding hydrogens is 528 g/mol.